The van der Waals surface area contributed by atoms with Gasteiger partial charge in [-0.2, -0.15) is 0 Å². The lowest BCUT2D eigenvalue weighted by atomic mass is 10.2. The molecule has 252 valence electrons. The first-order chi connectivity index (χ1) is 22.9. The number of hydrogen-bond acceptors (Lipinski definition) is 9. The van der Waals surface area contributed by atoms with Crippen LogP contribution in [0, 0.1) is 0 Å². The lowest BCUT2D eigenvalue weighted by Crippen LogP contribution is -2.30. The Balaban J connectivity index is 0.000000286. The zero-order chi connectivity index (χ0) is 33.8. The number of amidine groups is 2. The van der Waals surface area contributed by atoms with Gasteiger partial charge in [-0.1, -0.05) is 73.6 Å². The molecule has 2 aromatic rings. The second-order valence-electron chi connectivity index (χ2n) is 8.93. The van der Waals surface area contributed by atoms with E-state index in [1.807, 2.05) is 110 Å². The minimum absolute atomic E-state index is 0.735. The Morgan fingerprint density at radius 3 is 1.87 bits per heavy atom. The predicted molar refractivity (Wildman–Crippen MR) is 199 cm³/mol. The number of nitrogens with zero attached hydrogens (tertiary/aromatic N) is 6. The minimum atomic E-state index is 0.735. The van der Waals surface area contributed by atoms with Crippen LogP contribution >= 0.6 is 0 Å². The fourth-order valence-electron chi connectivity index (χ4n) is 4.39. The molecule has 46 heavy (non-hydrogen) atoms. The number of hydrogen-bond donors (Lipinski definition) is 2. The number of rotatable bonds is 0. The number of aromatic nitrogens is 2. The van der Waals surface area contributed by atoms with Gasteiger partial charge in [-0.3, -0.25) is 9.98 Å². The molecule has 0 saturated heterocycles. The molecule has 2 N–H and O–H groups in total. The van der Waals surface area contributed by atoms with E-state index in [2.05, 4.69) is 64.9 Å². The van der Waals surface area contributed by atoms with Crippen molar-refractivity contribution in [1.82, 2.24) is 19.8 Å². The number of pyridine rings is 2. The molecule has 0 spiro atoms. The van der Waals surface area contributed by atoms with E-state index in [-0.39, 0.29) is 0 Å². The summed E-state index contributed by atoms with van der Waals surface area (Å²) in [7, 11) is 0. The van der Waals surface area contributed by atoms with Crippen LogP contribution in [-0.4, -0.2) is 77.3 Å². The van der Waals surface area contributed by atoms with E-state index >= 15 is 0 Å². The fraction of sp³-hybridized carbons (Fsp3) is 0.459. The highest BCUT2D eigenvalue weighted by Crippen LogP contribution is 2.22. The normalized spacial score (nSPS) is 15.8. The molecule has 6 aliphatic rings. The zero-order valence-corrected chi connectivity index (χ0v) is 29.5. The van der Waals surface area contributed by atoms with Gasteiger partial charge in [-0.15, -0.1) is 0 Å². The van der Waals surface area contributed by atoms with E-state index in [9.17, 15) is 0 Å². The van der Waals surface area contributed by atoms with Crippen molar-refractivity contribution >= 4 is 23.3 Å². The molecule has 8 rings (SSSR count). The van der Waals surface area contributed by atoms with E-state index in [1.54, 1.807) is 6.20 Å². The molecule has 0 fully saturated rings. The van der Waals surface area contributed by atoms with Crippen LogP contribution in [0.4, 0.5) is 11.6 Å². The third kappa shape index (κ3) is 13.7. The number of nitrogens with one attached hydrogen (secondary N) is 2. The van der Waals surface area contributed by atoms with Crippen LogP contribution in [0.2, 0.25) is 0 Å². The summed E-state index contributed by atoms with van der Waals surface area (Å²) < 4.78 is 5.30. The Morgan fingerprint density at radius 2 is 1.24 bits per heavy atom. The highest BCUT2D eigenvalue weighted by molar-refractivity contribution is 5.96. The van der Waals surface area contributed by atoms with Crippen molar-refractivity contribution in [2.75, 3.05) is 56.5 Å². The first kappa shape index (κ1) is 39.6. The summed E-state index contributed by atoms with van der Waals surface area (Å²) in [6.45, 7) is 22.7. The minimum Gasteiger partial charge on any atom is -0.488 e. The van der Waals surface area contributed by atoms with Crippen LogP contribution in [0.15, 0.2) is 95.5 Å². The van der Waals surface area contributed by atoms with Crippen molar-refractivity contribution in [3.63, 3.8) is 0 Å². The number of fused-ring (bicyclic) bond motifs is 4. The number of allylic oxidation sites excluding steroid dienone is 4. The summed E-state index contributed by atoms with van der Waals surface area (Å²) >= 11 is 0. The average Bonchev–Trinajstić information content (AvgIpc) is 3.86. The number of anilines is 2. The maximum atomic E-state index is 5.30. The molecule has 0 bridgehead atoms. The highest BCUT2D eigenvalue weighted by Gasteiger charge is 2.12. The topological polar surface area (TPSA) is 90.3 Å². The molecule has 6 aliphatic heterocycles. The molecule has 0 saturated carbocycles. The first-order valence-electron chi connectivity index (χ1n) is 17.2. The second kappa shape index (κ2) is 25.9. The maximum absolute atomic E-state index is 5.30. The average molecular weight is 631 g/mol. The third-order valence-corrected chi connectivity index (χ3v) is 6.28. The van der Waals surface area contributed by atoms with Crippen LogP contribution < -0.4 is 15.4 Å². The van der Waals surface area contributed by atoms with Gasteiger partial charge in [-0.25, -0.2) is 9.97 Å². The fourth-order valence-corrected chi connectivity index (χ4v) is 4.39. The summed E-state index contributed by atoms with van der Waals surface area (Å²) in [6, 6.07) is 7.87. The number of aliphatic imine (C=N–C) groups is 2. The van der Waals surface area contributed by atoms with Crippen molar-refractivity contribution < 1.29 is 4.74 Å². The molecular formula is C37H58N8O. The number of ether oxygens (including phenoxy) is 1. The van der Waals surface area contributed by atoms with Gasteiger partial charge in [0.05, 0.1) is 13.1 Å². The second-order valence-corrected chi connectivity index (χ2v) is 8.93. The van der Waals surface area contributed by atoms with Gasteiger partial charge in [0.15, 0.2) is 11.6 Å². The molecule has 0 amide bonds. The van der Waals surface area contributed by atoms with Crippen LogP contribution in [-0.2, 0) is 6.42 Å². The van der Waals surface area contributed by atoms with E-state index < -0.39 is 0 Å². The van der Waals surface area contributed by atoms with Crippen LogP contribution in [0.1, 0.15) is 67.4 Å². The van der Waals surface area contributed by atoms with Crippen LogP contribution in [0.5, 0.6) is 5.75 Å². The molecule has 9 nitrogen and oxygen atoms in total. The summed E-state index contributed by atoms with van der Waals surface area (Å²) in [6.07, 6.45) is 22.2. The van der Waals surface area contributed by atoms with E-state index in [1.165, 1.54) is 12.0 Å². The molecule has 2 aromatic heterocycles. The van der Waals surface area contributed by atoms with Crippen molar-refractivity contribution in [1.29, 1.82) is 0 Å². The van der Waals surface area contributed by atoms with Gasteiger partial charge in [0.2, 0.25) is 0 Å². The Hall–Kier alpha value is -4.40. The lowest BCUT2D eigenvalue weighted by Gasteiger charge is -2.25. The quantitative estimate of drug-likeness (QED) is 0.305. The van der Waals surface area contributed by atoms with E-state index in [0.717, 1.165) is 81.4 Å². The lowest BCUT2D eigenvalue weighted by molar-refractivity contribution is 0.321. The van der Waals surface area contributed by atoms with E-state index in [0.29, 0.717) is 0 Å². The maximum Gasteiger partial charge on any atom is 0.168 e. The van der Waals surface area contributed by atoms with Gasteiger partial charge in [0.1, 0.15) is 24.1 Å². The Bertz CT molecular complexity index is 1210. The molecule has 0 radical (unpaired) electrons. The molecule has 0 atom stereocenters. The Kier molecular flexibility index (Phi) is 22.3. The van der Waals surface area contributed by atoms with Crippen LogP contribution in [0.3, 0.4) is 0 Å². The Morgan fingerprint density at radius 1 is 0.652 bits per heavy atom. The van der Waals surface area contributed by atoms with Gasteiger partial charge in [0.25, 0.3) is 0 Å². The third-order valence-electron chi connectivity index (χ3n) is 6.28. The molecule has 9 heteroatoms. The van der Waals surface area contributed by atoms with Gasteiger partial charge in [-0.05, 0) is 60.9 Å². The molecule has 0 aliphatic carbocycles. The largest absolute Gasteiger partial charge is 0.488 e. The molecule has 0 unspecified atom stereocenters. The molecular weight excluding hydrogens is 572 g/mol. The van der Waals surface area contributed by atoms with Gasteiger partial charge >= 0.3 is 0 Å². The SMILES string of the molecule is C1=CC2=NCCCN2C=C1.C1=CC2=NCCN2C=C1.CC.CC.CC.CC.c1cnc2c(c1)CCN2.c1cnc2c(c1)OCCN2. The van der Waals surface area contributed by atoms with Crippen molar-refractivity contribution in [2.24, 2.45) is 9.98 Å². The van der Waals surface area contributed by atoms with E-state index in [4.69, 9.17) is 4.74 Å². The Labute approximate surface area is 279 Å². The first-order valence-corrected chi connectivity index (χ1v) is 17.2. The predicted octanol–water partition coefficient (Wildman–Crippen LogP) is 8.00. The zero-order valence-electron chi connectivity index (χ0n) is 29.5. The molecule has 0 aromatic carbocycles. The monoisotopic (exact) mass is 630 g/mol. The standard InChI is InChI=1S/C8H10N2.C7H8N2O.2C7H8N2.4C2H6/c1-2-6-10-7-3-5-9-8(10)4-1;1-2-6-7(8-3-1)9-4-5-10-6;1-2-6-3-5-9-7(6)8-4-1;1-2-5-9-6-4-8-7(9)3-1;4*1-2/h1-2,4,6H,3,5,7H2;1-3H,4-5H2,(H,8,9);1-2,4H,3,5H2,(H,8,9);1-3,5H,4,6H2;4*1-2H3. The highest BCUT2D eigenvalue weighted by atomic mass is 16.5. The van der Waals surface area contributed by atoms with Crippen molar-refractivity contribution in [3.05, 3.63) is 91.1 Å². The van der Waals surface area contributed by atoms with Crippen LogP contribution in [0.25, 0.3) is 0 Å². The smallest absolute Gasteiger partial charge is 0.168 e. The summed E-state index contributed by atoms with van der Waals surface area (Å²) in [5.74, 6) is 5.01. The summed E-state index contributed by atoms with van der Waals surface area (Å²) in [5.41, 5.74) is 1.34. The molecule has 8 heterocycles. The van der Waals surface area contributed by atoms with Gasteiger partial charge in [0, 0.05) is 51.0 Å². The van der Waals surface area contributed by atoms with Crippen molar-refractivity contribution in [2.45, 2.75) is 68.2 Å². The summed E-state index contributed by atoms with van der Waals surface area (Å²) in [5, 5.41) is 6.32. The van der Waals surface area contributed by atoms with Gasteiger partial charge < -0.3 is 25.2 Å². The summed E-state index contributed by atoms with van der Waals surface area (Å²) in [4.78, 5) is 21.2. The van der Waals surface area contributed by atoms with Crippen molar-refractivity contribution in [3.8, 4) is 5.75 Å².